The lowest BCUT2D eigenvalue weighted by Crippen LogP contribution is -2.55. The summed E-state index contributed by atoms with van der Waals surface area (Å²) in [6, 6.07) is -1.45. The smallest absolute Gasteiger partial charge is 0.408 e. The lowest BCUT2D eigenvalue weighted by atomic mass is 9.88. The Morgan fingerprint density at radius 3 is 2.56 bits per heavy atom. The summed E-state index contributed by atoms with van der Waals surface area (Å²) < 4.78 is 5.34. The fraction of sp³-hybridized carbons (Fsp3) is 0.650. The van der Waals surface area contributed by atoms with Crippen LogP contribution in [0.1, 0.15) is 53.4 Å². The molecule has 1 saturated heterocycles. The van der Waals surface area contributed by atoms with E-state index >= 15 is 0 Å². The number of allylic oxidation sites excluding steroid dienone is 3. The van der Waals surface area contributed by atoms with Crippen molar-refractivity contribution >= 4 is 17.9 Å². The number of primary amides is 1. The summed E-state index contributed by atoms with van der Waals surface area (Å²) in [5.41, 5.74) is 5.78. The fourth-order valence-electron chi connectivity index (χ4n) is 3.50. The number of amides is 3. The summed E-state index contributed by atoms with van der Waals surface area (Å²) in [7, 11) is 0. The molecular formula is C20H31N3O4. The van der Waals surface area contributed by atoms with Crippen LogP contribution < -0.4 is 11.1 Å². The number of nitrogens with zero attached hydrogens (tertiary/aromatic N) is 1. The first-order chi connectivity index (χ1) is 12.6. The molecule has 1 aliphatic carbocycles. The zero-order valence-corrected chi connectivity index (χ0v) is 16.7. The van der Waals surface area contributed by atoms with Crippen LogP contribution >= 0.6 is 0 Å². The average Bonchev–Trinajstić information content (AvgIpc) is 3.08. The maximum absolute atomic E-state index is 13.2. The third-order valence-electron chi connectivity index (χ3n) is 4.85. The van der Waals surface area contributed by atoms with E-state index < -0.39 is 29.7 Å². The predicted octanol–water partition coefficient (Wildman–Crippen LogP) is 2.27. The van der Waals surface area contributed by atoms with Gasteiger partial charge in [0.2, 0.25) is 11.8 Å². The highest BCUT2D eigenvalue weighted by Crippen LogP contribution is 2.26. The Morgan fingerprint density at radius 2 is 2.00 bits per heavy atom. The molecule has 2 aliphatic rings. The topological polar surface area (TPSA) is 102 Å². The predicted molar refractivity (Wildman–Crippen MR) is 103 cm³/mol. The Hall–Kier alpha value is -2.31. The Kier molecular flexibility index (Phi) is 6.68. The summed E-state index contributed by atoms with van der Waals surface area (Å²) in [4.78, 5) is 38.8. The molecule has 150 valence electrons. The van der Waals surface area contributed by atoms with Gasteiger partial charge in [-0.15, -0.1) is 0 Å². The van der Waals surface area contributed by atoms with Gasteiger partial charge in [0.1, 0.15) is 17.7 Å². The SMILES string of the molecule is CC(C1=CCCC=C1)C(NC(=O)OC(C)(C)C)C(=O)N1CCC[C@H]1C(N)=O. The van der Waals surface area contributed by atoms with Gasteiger partial charge in [-0.25, -0.2) is 4.79 Å². The number of rotatable bonds is 5. The van der Waals surface area contributed by atoms with Crippen LogP contribution in [0.3, 0.4) is 0 Å². The number of nitrogens with two attached hydrogens (primary N) is 1. The number of alkyl carbamates (subject to hydrolysis) is 1. The quantitative estimate of drug-likeness (QED) is 0.767. The van der Waals surface area contributed by atoms with Gasteiger partial charge in [0, 0.05) is 12.5 Å². The largest absolute Gasteiger partial charge is 0.444 e. The number of nitrogens with one attached hydrogen (secondary N) is 1. The molecule has 0 aromatic carbocycles. The molecule has 0 aromatic heterocycles. The summed E-state index contributed by atoms with van der Waals surface area (Å²) in [5, 5.41) is 2.73. The van der Waals surface area contributed by atoms with Crippen molar-refractivity contribution in [1.29, 1.82) is 0 Å². The van der Waals surface area contributed by atoms with E-state index in [-0.39, 0.29) is 11.8 Å². The van der Waals surface area contributed by atoms with Gasteiger partial charge in [0.25, 0.3) is 0 Å². The molecule has 2 unspecified atom stereocenters. The molecule has 1 fully saturated rings. The van der Waals surface area contributed by atoms with E-state index in [0.29, 0.717) is 13.0 Å². The van der Waals surface area contributed by atoms with Crippen molar-refractivity contribution in [1.82, 2.24) is 10.2 Å². The number of likely N-dealkylation sites (tertiary alicyclic amines) is 1. The molecule has 3 amide bonds. The van der Waals surface area contributed by atoms with Gasteiger partial charge in [-0.05, 0) is 52.0 Å². The molecule has 0 saturated carbocycles. The molecular weight excluding hydrogens is 346 g/mol. The Morgan fingerprint density at radius 1 is 1.30 bits per heavy atom. The van der Waals surface area contributed by atoms with E-state index in [2.05, 4.69) is 17.5 Å². The van der Waals surface area contributed by atoms with Crippen molar-refractivity contribution < 1.29 is 19.1 Å². The first-order valence-electron chi connectivity index (χ1n) is 9.56. The van der Waals surface area contributed by atoms with Gasteiger partial charge in [0.05, 0.1) is 0 Å². The zero-order chi connectivity index (χ0) is 20.2. The zero-order valence-electron chi connectivity index (χ0n) is 16.7. The molecule has 3 N–H and O–H groups in total. The van der Waals surface area contributed by atoms with Crippen LogP contribution in [0.15, 0.2) is 23.8 Å². The Balaban J connectivity index is 2.24. The molecule has 3 atom stereocenters. The summed E-state index contributed by atoms with van der Waals surface area (Å²) in [5.74, 6) is -1.06. The van der Waals surface area contributed by atoms with Crippen LogP contribution in [0.25, 0.3) is 0 Å². The maximum atomic E-state index is 13.2. The first-order valence-corrected chi connectivity index (χ1v) is 9.56. The molecule has 0 bridgehead atoms. The van der Waals surface area contributed by atoms with Crippen molar-refractivity contribution in [2.45, 2.75) is 71.1 Å². The fourth-order valence-corrected chi connectivity index (χ4v) is 3.50. The third-order valence-corrected chi connectivity index (χ3v) is 4.85. The van der Waals surface area contributed by atoms with Crippen LogP contribution in [0.5, 0.6) is 0 Å². The van der Waals surface area contributed by atoms with Crippen LogP contribution in [-0.2, 0) is 14.3 Å². The van der Waals surface area contributed by atoms with Gasteiger partial charge >= 0.3 is 6.09 Å². The van der Waals surface area contributed by atoms with Crippen LogP contribution in [0.4, 0.5) is 4.79 Å². The van der Waals surface area contributed by atoms with Gasteiger partial charge in [-0.1, -0.05) is 25.2 Å². The number of ether oxygens (including phenoxy) is 1. The molecule has 2 rings (SSSR count). The summed E-state index contributed by atoms with van der Waals surface area (Å²) >= 11 is 0. The monoisotopic (exact) mass is 377 g/mol. The minimum absolute atomic E-state index is 0.254. The third kappa shape index (κ3) is 5.58. The molecule has 27 heavy (non-hydrogen) atoms. The van der Waals surface area contributed by atoms with Gasteiger partial charge in [0.15, 0.2) is 0 Å². The highest BCUT2D eigenvalue weighted by Gasteiger charge is 2.39. The Labute approximate surface area is 161 Å². The van der Waals surface area contributed by atoms with Crippen molar-refractivity contribution in [2.24, 2.45) is 11.7 Å². The number of hydrogen-bond donors (Lipinski definition) is 2. The minimum atomic E-state index is -0.825. The van der Waals surface area contributed by atoms with Gasteiger partial charge < -0.3 is 20.7 Å². The van der Waals surface area contributed by atoms with Crippen molar-refractivity contribution in [2.75, 3.05) is 6.54 Å². The molecule has 7 nitrogen and oxygen atoms in total. The molecule has 7 heteroatoms. The highest BCUT2D eigenvalue weighted by atomic mass is 16.6. The molecule has 0 spiro atoms. The lowest BCUT2D eigenvalue weighted by Gasteiger charge is -2.32. The maximum Gasteiger partial charge on any atom is 0.408 e. The first kappa shape index (κ1) is 21.0. The minimum Gasteiger partial charge on any atom is -0.444 e. The molecule has 0 radical (unpaired) electrons. The lowest BCUT2D eigenvalue weighted by molar-refractivity contribution is -0.139. The number of carbonyl (C=O) groups is 3. The normalized spacial score (nSPS) is 22.0. The van der Waals surface area contributed by atoms with Crippen LogP contribution in [0, 0.1) is 5.92 Å². The van der Waals surface area contributed by atoms with Crippen molar-refractivity contribution in [3.63, 3.8) is 0 Å². The van der Waals surface area contributed by atoms with E-state index in [1.54, 1.807) is 20.8 Å². The molecule has 1 heterocycles. The summed E-state index contributed by atoms with van der Waals surface area (Å²) in [6.07, 6.45) is 8.61. The summed E-state index contributed by atoms with van der Waals surface area (Å²) in [6.45, 7) is 7.66. The van der Waals surface area contributed by atoms with Gasteiger partial charge in [-0.2, -0.15) is 0 Å². The van der Waals surface area contributed by atoms with E-state index in [9.17, 15) is 14.4 Å². The Bertz CT molecular complexity index is 648. The second-order valence-corrected chi connectivity index (χ2v) is 8.19. The van der Waals surface area contributed by atoms with Crippen molar-refractivity contribution in [3.05, 3.63) is 23.8 Å². The number of hydrogen-bond acceptors (Lipinski definition) is 4. The highest BCUT2D eigenvalue weighted by molar-refractivity contribution is 5.91. The van der Waals surface area contributed by atoms with Crippen molar-refractivity contribution in [3.8, 4) is 0 Å². The second-order valence-electron chi connectivity index (χ2n) is 8.19. The molecule has 0 aromatic rings. The average molecular weight is 377 g/mol. The molecule has 1 aliphatic heterocycles. The second kappa shape index (κ2) is 8.59. The standard InChI is InChI=1S/C20H31N3O4/c1-13(14-9-6-5-7-10-14)16(22-19(26)27-20(2,3)4)18(25)23-12-8-11-15(23)17(21)24/h6,9-10,13,15-16H,5,7-8,11-12H2,1-4H3,(H2,21,24)(H,22,26)/t13?,15-,16?/m0/s1. The van der Waals surface area contributed by atoms with E-state index in [1.165, 1.54) is 4.90 Å². The van der Waals surface area contributed by atoms with E-state index in [4.69, 9.17) is 10.5 Å². The van der Waals surface area contributed by atoms with E-state index in [0.717, 1.165) is 24.8 Å². The number of carbonyl (C=O) groups excluding carboxylic acids is 3. The van der Waals surface area contributed by atoms with E-state index in [1.807, 2.05) is 13.0 Å². The van der Waals surface area contributed by atoms with Crippen LogP contribution in [-0.4, -0.2) is 47.0 Å². The van der Waals surface area contributed by atoms with Gasteiger partial charge in [-0.3, -0.25) is 9.59 Å². The van der Waals surface area contributed by atoms with Crippen LogP contribution in [0.2, 0.25) is 0 Å².